The van der Waals surface area contributed by atoms with Crippen molar-refractivity contribution in [3.63, 3.8) is 0 Å². The molecule has 0 saturated heterocycles. The summed E-state index contributed by atoms with van der Waals surface area (Å²) in [6.07, 6.45) is 11.5. The molecular weight excluding hydrogens is 538 g/mol. The molecule has 226 valence electrons. The molecule has 1 heterocycles. The van der Waals surface area contributed by atoms with E-state index in [1.807, 2.05) is 18.3 Å². The lowest BCUT2D eigenvalue weighted by molar-refractivity contribution is 0.305. The summed E-state index contributed by atoms with van der Waals surface area (Å²) in [6.45, 7) is 6.00. The minimum absolute atomic E-state index is 0.768. The highest BCUT2D eigenvalue weighted by Gasteiger charge is 2.10. The summed E-state index contributed by atoms with van der Waals surface area (Å²) in [5.74, 6) is 1.85. The molecule has 4 aromatic carbocycles. The van der Waals surface area contributed by atoms with Gasteiger partial charge in [0.05, 0.1) is 18.9 Å². The van der Waals surface area contributed by atoms with Gasteiger partial charge in [0.15, 0.2) is 0 Å². The molecule has 0 aliphatic carbocycles. The van der Waals surface area contributed by atoms with Crippen molar-refractivity contribution in [3.8, 4) is 56.1 Å². The first-order valence-electron chi connectivity index (χ1n) is 16.4. The van der Waals surface area contributed by atoms with Crippen LogP contribution in [0.3, 0.4) is 0 Å². The lowest BCUT2D eigenvalue weighted by Gasteiger charge is -2.13. The molecule has 0 radical (unpaired) electrons. The average molecular weight is 584 g/mol. The van der Waals surface area contributed by atoms with Gasteiger partial charge in [-0.05, 0) is 107 Å². The molecule has 0 aliphatic rings. The second-order valence-corrected chi connectivity index (χ2v) is 11.5. The summed E-state index contributed by atoms with van der Waals surface area (Å²) in [5, 5.41) is 0. The van der Waals surface area contributed by atoms with E-state index in [4.69, 9.17) is 9.47 Å². The van der Waals surface area contributed by atoms with E-state index in [0.717, 1.165) is 54.4 Å². The van der Waals surface area contributed by atoms with Gasteiger partial charge >= 0.3 is 0 Å². The fraction of sp³-hybridized carbons (Fsp3) is 0.293. The fourth-order valence-corrected chi connectivity index (χ4v) is 5.44. The van der Waals surface area contributed by atoms with Gasteiger partial charge in [0.2, 0.25) is 0 Å². The SMILES string of the molecule is CCCCCCOc1ccc(-c2cc(-c3ccc(OCCCCCC)cc3)cc(-c3cccc(-c4ccccn4)c3)c2)cc1. The van der Waals surface area contributed by atoms with Crippen molar-refractivity contribution in [1.29, 1.82) is 0 Å². The normalized spacial score (nSPS) is 11.0. The van der Waals surface area contributed by atoms with E-state index in [0.29, 0.717) is 0 Å². The van der Waals surface area contributed by atoms with Gasteiger partial charge in [-0.1, -0.05) is 101 Å². The van der Waals surface area contributed by atoms with Crippen LogP contribution in [0.5, 0.6) is 11.5 Å². The van der Waals surface area contributed by atoms with Crippen molar-refractivity contribution in [1.82, 2.24) is 4.98 Å². The van der Waals surface area contributed by atoms with E-state index in [1.54, 1.807) is 0 Å². The van der Waals surface area contributed by atoms with Gasteiger partial charge in [0.25, 0.3) is 0 Å². The molecule has 0 atom stereocenters. The standard InChI is InChI=1S/C41H45NO2/c1-3-5-7-11-26-43-39-21-17-32(18-22-39)36-29-37(33-19-23-40(24-20-33)44-27-12-8-6-4-2)31-38(30-36)34-14-13-15-35(28-34)41-16-9-10-25-42-41/h9-10,13-25,28-31H,3-8,11-12,26-27H2,1-2H3. The third-order valence-electron chi connectivity index (χ3n) is 8.00. The van der Waals surface area contributed by atoms with Crippen LogP contribution in [0.15, 0.2) is 115 Å². The zero-order valence-corrected chi connectivity index (χ0v) is 26.3. The van der Waals surface area contributed by atoms with Crippen LogP contribution < -0.4 is 9.47 Å². The van der Waals surface area contributed by atoms with E-state index in [-0.39, 0.29) is 0 Å². The van der Waals surface area contributed by atoms with Gasteiger partial charge in [0, 0.05) is 11.8 Å². The van der Waals surface area contributed by atoms with Crippen molar-refractivity contribution < 1.29 is 9.47 Å². The van der Waals surface area contributed by atoms with Crippen LogP contribution in [0, 0.1) is 0 Å². The largest absolute Gasteiger partial charge is 0.494 e. The Morgan fingerprint density at radius 1 is 0.432 bits per heavy atom. The Bertz CT molecular complexity index is 1480. The van der Waals surface area contributed by atoms with E-state index in [1.165, 1.54) is 66.3 Å². The Hall–Kier alpha value is -4.37. The van der Waals surface area contributed by atoms with Crippen molar-refractivity contribution >= 4 is 0 Å². The molecule has 0 bridgehead atoms. The number of nitrogens with zero attached hydrogens (tertiary/aromatic N) is 1. The van der Waals surface area contributed by atoms with Gasteiger partial charge < -0.3 is 9.47 Å². The molecular formula is C41H45NO2. The maximum Gasteiger partial charge on any atom is 0.119 e. The van der Waals surface area contributed by atoms with Crippen LogP contribution in [-0.2, 0) is 0 Å². The Morgan fingerprint density at radius 2 is 0.932 bits per heavy atom. The number of ether oxygens (including phenoxy) is 2. The van der Waals surface area contributed by atoms with Gasteiger partial charge in [-0.15, -0.1) is 0 Å². The van der Waals surface area contributed by atoms with E-state index < -0.39 is 0 Å². The maximum atomic E-state index is 6.03. The highest BCUT2D eigenvalue weighted by Crippen LogP contribution is 2.35. The summed E-state index contributed by atoms with van der Waals surface area (Å²) in [4.78, 5) is 4.58. The minimum atomic E-state index is 0.768. The molecule has 1 aromatic heterocycles. The number of hydrogen-bond donors (Lipinski definition) is 0. The zero-order valence-electron chi connectivity index (χ0n) is 26.3. The smallest absolute Gasteiger partial charge is 0.119 e. The van der Waals surface area contributed by atoms with Gasteiger partial charge in [0.1, 0.15) is 11.5 Å². The first-order chi connectivity index (χ1) is 21.7. The Labute approximate surface area is 263 Å². The summed E-state index contributed by atoms with van der Waals surface area (Å²) in [6, 6.07) is 38.6. The fourth-order valence-electron chi connectivity index (χ4n) is 5.44. The van der Waals surface area contributed by atoms with Crippen molar-refractivity contribution in [2.75, 3.05) is 13.2 Å². The molecule has 0 unspecified atom stereocenters. The summed E-state index contributed by atoms with van der Waals surface area (Å²) in [5.41, 5.74) is 9.09. The number of aromatic nitrogens is 1. The zero-order chi connectivity index (χ0) is 30.4. The molecule has 3 heteroatoms. The lowest BCUT2D eigenvalue weighted by atomic mass is 9.92. The molecule has 0 fully saturated rings. The van der Waals surface area contributed by atoms with Crippen molar-refractivity contribution in [3.05, 3.63) is 115 Å². The minimum Gasteiger partial charge on any atom is -0.494 e. The molecule has 5 rings (SSSR count). The second-order valence-electron chi connectivity index (χ2n) is 11.5. The Kier molecular flexibility index (Phi) is 11.6. The molecule has 44 heavy (non-hydrogen) atoms. The predicted octanol–water partition coefficient (Wildman–Crippen LogP) is 11.7. The van der Waals surface area contributed by atoms with Crippen LogP contribution in [0.25, 0.3) is 44.6 Å². The van der Waals surface area contributed by atoms with Crippen LogP contribution in [0.1, 0.15) is 65.2 Å². The van der Waals surface area contributed by atoms with E-state index in [2.05, 4.69) is 116 Å². The molecule has 3 nitrogen and oxygen atoms in total. The summed E-state index contributed by atoms with van der Waals surface area (Å²) < 4.78 is 12.1. The highest BCUT2D eigenvalue weighted by molar-refractivity contribution is 5.82. The average Bonchev–Trinajstić information content (AvgIpc) is 3.09. The quantitative estimate of drug-likeness (QED) is 0.108. The molecule has 0 aliphatic heterocycles. The first-order valence-corrected chi connectivity index (χ1v) is 16.4. The van der Waals surface area contributed by atoms with Gasteiger partial charge in [-0.3, -0.25) is 4.98 Å². The lowest BCUT2D eigenvalue weighted by Crippen LogP contribution is -1.97. The molecule has 0 N–H and O–H groups in total. The topological polar surface area (TPSA) is 31.4 Å². The molecule has 0 amide bonds. The Morgan fingerprint density at radius 3 is 1.43 bits per heavy atom. The molecule has 5 aromatic rings. The maximum absolute atomic E-state index is 6.03. The van der Waals surface area contributed by atoms with Crippen LogP contribution in [0.4, 0.5) is 0 Å². The molecule has 0 spiro atoms. The highest BCUT2D eigenvalue weighted by atomic mass is 16.5. The number of unbranched alkanes of at least 4 members (excludes halogenated alkanes) is 6. The first kappa shape index (κ1) is 31.1. The third-order valence-corrected chi connectivity index (χ3v) is 8.00. The van der Waals surface area contributed by atoms with Gasteiger partial charge in [-0.25, -0.2) is 0 Å². The van der Waals surface area contributed by atoms with Crippen molar-refractivity contribution in [2.24, 2.45) is 0 Å². The summed E-state index contributed by atoms with van der Waals surface area (Å²) in [7, 11) is 0. The summed E-state index contributed by atoms with van der Waals surface area (Å²) >= 11 is 0. The van der Waals surface area contributed by atoms with Gasteiger partial charge in [-0.2, -0.15) is 0 Å². The molecule has 0 saturated carbocycles. The monoisotopic (exact) mass is 583 g/mol. The van der Waals surface area contributed by atoms with Crippen molar-refractivity contribution in [2.45, 2.75) is 65.2 Å². The Balaban J connectivity index is 1.42. The number of hydrogen-bond acceptors (Lipinski definition) is 3. The number of rotatable bonds is 16. The van der Waals surface area contributed by atoms with Crippen LogP contribution in [0.2, 0.25) is 0 Å². The van der Waals surface area contributed by atoms with E-state index >= 15 is 0 Å². The van der Waals surface area contributed by atoms with E-state index in [9.17, 15) is 0 Å². The third kappa shape index (κ3) is 8.83. The second kappa shape index (κ2) is 16.5. The predicted molar refractivity (Wildman–Crippen MR) is 185 cm³/mol. The number of pyridine rings is 1. The van der Waals surface area contributed by atoms with Crippen LogP contribution in [-0.4, -0.2) is 18.2 Å². The van der Waals surface area contributed by atoms with Crippen LogP contribution >= 0.6 is 0 Å². The number of benzene rings is 4.